The van der Waals surface area contributed by atoms with Gasteiger partial charge in [0, 0.05) is 29.8 Å². The van der Waals surface area contributed by atoms with Crippen molar-refractivity contribution < 1.29 is 27.4 Å². The van der Waals surface area contributed by atoms with E-state index in [0.717, 1.165) is 40.5 Å². The highest BCUT2D eigenvalue weighted by Crippen LogP contribution is 2.31. The lowest BCUT2D eigenvalue weighted by Crippen LogP contribution is -2.17. The van der Waals surface area contributed by atoms with Gasteiger partial charge in [0.05, 0.1) is 19.3 Å². The van der Waals surface area contributed by atoms with Crippen LogP contribution in [0.15, 0.2) is 47.4 Å². The van der Waals surface area contributed by atoms with E-state index in [-0.39, 0.29) is 5.92 Å². The first kappa shape index (κ1) is 23.4. The third-order valence-corrected chi connectivity index (χ3v) is 5.62. The second-order valence-electron chi connectivity index (χ2n) is 6.63. The molecular formula is C22H27F3O3S. The van der Waals surface area contributed by atoms with Crippen LogP contribution in [0.3, 0.4) is 0 Å². The fourth-order valence-electron chi connectivity index (χ4n) is 2.72. The van der Waals surface area contributed by atoms with E-state index < -0.39 is 11.7 Å². The van der Waals surface area contributed by atoms with Crippen molar-refractivity contribution in [3.8, 4) is 11.5 Å². The summed E-state index contributed by atoms with van der Waals surface area (Å²) < 4.78 is 54.6. The molecule has 3 nitrogen and oxygen atoms in total. The van der Waals surface area contributed by atoms with Crippen molar-refractivity contribution in [3.05, 3.63) is 53.6 Å². The van der Waals surface area contributed by atoms with Gasteiger partial charge in [-0.15, -0.1) is 11.8 Å². The second-order valence-corrected chi connectivity index (χ2v) is 7.72. The zero-order valence-corrected chi connectivity index (χ0v) is 17.7. The van der Waals surface area contributed by atoms with Crippen molar-refractivity contribution >= 4 is 11.8 Å². The molecule has 29 heavy (non-hydrogen) atoms. The molecule has 0 heterocycles. The van der Waals surface area contributed by atoms with Gasteiger partial charge in [0.25, 0.3) is 0 Å². The van der Waals surface area contributed by atoms with Crippen LogP contribution < -0.4 is 9.47 Å². The van der Waals surface area contributed by atoms with Crippen molar-refractivity contribution in [2.75, 3.05) is 32.7 Å². The number of alkyl halides is 3. The van der Waals surface area contributed by atoms with E-state index in [2.05, 4.69) is 6.07 Å². The number of aryl methyl sites for hydroxylation is 1. The van der Waals surface area contributed by atoms with Gasteiger partial charge in [-0.25, -0.2) is 0 Å². The summed E-state index contributed by atoms with van der Waals surface area (Å²) in [6.45, 7) is 5.64. The summed E-state index contributed by atoms with van der Waals surface area (Å²) >= 11 is 1.72. The number of halogens is 3. The van der Waals surface area contributed by atoms with Crippen LogP contribution in [0.4, 0.5) is 13.2 Å². The van der Waals surface area contributed by atoms with Crippen LogP contribution in [0.1, 0.15) is 24.5 Å². The van der Waals surface area contributed by atoms with E-state index in [1.165, 1.54) is 12.1 Å². The minimum Gasteiger partial charge on any atom is -0.496 e. The Labute approximate surface area is 174 Å². The molecule has 0 aliphatic rings. The SMILES string of the molecule is CCOCCC(COc1ccc(C(F)(F)F)cc1)CSc1ccc(OC)c(C)c1. The Balaban J connectivity index is 1.94. The van der Waals surface area contributed by atoms with Gasteiger partial charge in [0.15, 0.2) is 0 Å². The third kappa shape index (κ3) is 7.82. The molecule has 2 aromatic rings. The first-order valence-electron chi connectivity index (χ1n) is 9.48. The Morgan fingerprint density at radius 3 is 2.38 bits per heavy atom. The Hall–Kier alpha value is -1.86. The molecule has 0 fully saturated rings. The van der Waals surface area contributed by atoms with Gasteiger partial charge in [0.1, 0.15) is 11.5 Å². The molecule has 0 spiro atoms. The van der Waals surface area contributed by atoms with E-state index >= 15 is 0 Å². The molecule has 0 aromatic heterocycles. The van der Waals surface area contributed by atoms with E-state index in [1.54, 1.807) is 18.9 Å². The van der Waals surface area contributed by atoms with Gasteiger partial charge in [-0.05, 0) is 68.3 Å². The molecule has 0 aliphatic carbocycles. The Bertz CT molecular complexity index is 748. The Morgan fingerprint density at radius 1 is 1.07 bits per heavy atom. The quantitative estimate of drug-likeness (QED) is 0.313. The van der Waals surface area contributed by atoms with Gasteiger partial charge in [-0.1, -0.05) is 0 Å². The number of thioether (sulfide) groups is 1. The summed E-state index contributed by atoms with van der Waals surface area (Å²) in [5, 5.41) is 0. The first-order chi connectivity index (χ1) is 13.8. The monoisotopic (exact) mass is 428 g/mol. The fourth-order valence-corrected chi connectivity index (χ4v) is 3.83. The van der Waals surface area contributed by atoms with E-state index in [9.17, 15) is 13.2 Å². The summed E-state index contributed by atoms with van der Waals surface area (Å²) in [6.07, 6.45) is -3.53. The smallest absolute Gasteiger partial charge is 0.416 e. The molecule has 0 saturated heterocycles. The van der Waals surface area contributed by atoms with Crippen LogP contribution in [-0.2, 0) is 10.9 Å². The zero-order valence-electron chi connectivity index (χ0n) is 16.9. The highest BCUT2D eigenvalue weighted by atomic mass is 32.2. The van der Waals surface area contributed by atoms with Crippen LogP contribution in [-0.4, -0.2) is 32.7 Å². The second kappa shape index (κ2) is 11.4. The van der Waals surface area contributed by atoms with Crippen molar-refractivity contribution in [3.63, 3.8) is 0 Å². The van der Waals surface area contributed by atoms with E-state index in [0.29, 0.717) is 25.6 Å². The molecule has 0 radical (unpaired) electrons. The fraction of sp³-hybridized carbons (Fsp3) is 0.455. The minimum absolute atomic E-state index is 0.205. The minimum atomic E-state index is -4.34. The number of rotatable bonds is 11. The van der Waals surface area contributed by atoms with Crippen molar-refractivity contribution in [2.45, 2.75) is 31.3 Å². The average Bonchev–Trinajstić information content (AvgIpc) is 2.69. The molecule has 2 rings (SSSR count). The van der Waals surface area contributed by atoms with Gasteiger partial charge >= 0.3 is 6.18 Å². The topological polar surface area (TPSA) is 27.7 Å². The molecule has 2 aromatic carbocycles. The molecule has 0 saturated carbocycles. The normalized spacial score (nSPS) is 12.6. The molecule has 7 heteroatoms. The summed E-state index contributed by atoms with van der Waals surface area (Å²) in [5.74, 6) is 2.31. The molecule has 1 unspecified atom stereocenters. The van der Waals surface area contributed by atoms with Crippen molar-refractivity contribution in [2.24, 2.45) is 5.92 Å². The number of methoxy groups -OCH3 is 1. The summed E-state index contributed by atoms with van der Waals surface area (Å²) in [4.78, 5) is 1.14. The Morgan fingerprint density at radius 2 is 1.79 bits per heavy atom. The van der Waals surface area contributed by atoms with Crippen molar-refractivity contribution in [1.29, 1.82) is 0 Å². The molecular weight excluding hydrogens is 401 g/mol. The molecule has 160 valence electrons. The van der Waals surface area contributed by atoms with Gasteiger partial charge < -0.3 is 14.2 Å². The van der Waals surface area contributed by atoms with E-state index in [1.807, 2.05) is 26.0 Å². The Kier molecular flexibility index (Phi) is 9.17. The van der Waals surface area contributed by atoms with Crippen LogP contribution in [0.2, 0.25) is 0 Å². The number of hydrogen-bond acceptors (Lipinski definition) is 4. The summed E-state index contributed by atoms with van der Waals surface area (Å²) in [5.41, 5.74) is 0.396. The zero-order chi connectivity index (χ0) is 21.3. The van der Waals surface area contributed by atoms with Crippen LogP contribution >= 0.6 is 11.8 Å². The predicted molar refractivity (Wildman–Crippen MR) is 110 cm³/mol. The maximum Gasteiger partial charge on any atom is 0.416 e. The standard InChI is InChI=1S/C22H27F3O3S/c1-4-27-12-11-17(15-29-20-9-10-21(26-3)16(2)13-20)14-28-19-7-5-18(6-8-19)22(23,24)25/h5-10,13,17H,4,11-12,14-15H2,1-3H3. The van der Waals surface area contributed by atoms with Crippen molar-refractivity contribution in [1.82, 2.24) is 0 Å². The molecule has 0 amide bonds. The summed E-state index contributed by atoms with van der Waals surface area (Å²) in [6, 6.07) is 10.9. The van der Waals surface area contributed by atoms with E-state index in [4.69, 9.17) is 14.2 Å². The third-order valence-electron chi connectivity index (χ3n) is 4.39. The molecule has 1 atom stereocenters. The lowest BCUT2D eigenvalue weighted by molar-refractivity contribution is -0.137. The highest BCUT2D eigenvalue weighted by Gasteiger charge is 2.30. The van der Waals surface area contributed by atoms with Gasteiger partial charge in [0.2, 0.25) is 0 Å². The molecule has 0 N–H and O–H groups in total. The highest BCUT2D eigenvalue weighted by molar-refractivity contribution is 7.99. The predicted octanol–water partition coefficient (Wildman–Crippen LogP) is 6.24. The maximum atomic E-state index is 12.7. The number of ether oxygens (including phenoxy) is 3. The number of hydrogen-bond donors (Lipinski definition) is 0. The largest absolute Gasteiger partial charge is 0.496 e. The molecule has 0 aliphatic heterocycles. The maximum absolute atomic E-state index is 12.7. The number of benzene rings is 2. The summed E-state index contributed by atoms with van der Waals surface area (Å²) in [7, 11) is 1.65. The lowest BCUT2D eigenvalue weighted by Gasteiger charge is -2.18. The van der Waals surface area contributed by atoms with Crippen LogP contribution in [0.5, 0.6) is 11.5 Å². The first-order valence-corrected chi connectivity index (χ1v) is 10.5. The average molecular weight is 429 g/mol. The van der Waals surface area contributed by atoms with Crippen LogP contribution in [0, 0.1) is 12.8 Å². The van der Waals surface area contributed by atoms with Gasteiger partial charge in [-0.2, -0.15) is 13.2 Å². The van der Waals surface area contributed by atoms with Gasteiger partial charge in [-0.3, -0.25) is 0 Å². The lowest BCUT2D eigenvalue weighted by atomic mass is 10.1. The van der Waals surface area contributed by atoms with Crippen LogP contribution in [0.25, 0.3) is 0 Å². The molecule has 0 bridgehead atoms.